The molecule has 0 atom stereocenters. The number of carbonyl (C=O) groups excluding carboxylic acids is 2. The number of Topliss-reactive ketones (excluding diaryl/α,β-unsaturated/α-hetero) is 1. The first-order valence-corrected chi connectivity index (χ1v) is 13.0. The van der Waals surface area contributed by atoms with Gasteiger partial charge >= 0.3 is 0 Å². The molecular formula is C28H35N5O4. The van der Waals surface area contributed by atoms with Crippen LogP contribution in [0.4, 0.5) is 5.82 Å². The molecule has 1 aromatic carbocycles. The smallest absolute Gasteiger partial charge is 0.244 e. The highest BCUT2D eigenvalue weighted by molar-refractivity contribution is 5.97. The number of aliphatic hydroxyl groups is 1. The van der Waals surface area contributed by atoms with Crippen molar-refractivity contribution in [3.8, 4) is 5.75 Å². The lowest BCUT2D eigenvalue weighted by atomic mass is 9.83. The van der Waals surface area contributed by atoms with Gasteiger partial charge in [-0.25, -0.2) is 4.98 Å². The van der Waals surface area contributed by atoms with Crippen molar-refractivity contribution >= 4 is 28.4 Å². The number of anilines is 1. The fourth-order valence-corrected chi connectivity index (χ4v) is 5.00. The number of aromatic nitrogens is 3. The minimum absolute atomic E-state index is 0.00938. The zero-order valence-electron chi connectivity index (χ0n) is 21.7. The summed E-state index contributed by atoms with van der Waals surface area (Å²) in [7, 11) is 1.57. The van der Waals surface area contributed by atoms with E-state index in [2.05, 4.69) is 15.4 Å². The van der Waals surface area contributed by atoms with Crippen molar-refractivity contribution < 1.29 is 19.4 Å². The van der Waals surface area contributed by atoms with Crippen LogP contribution in [-0.2, 0) is 17.8 Å². The molecule has 1 amide bonds. The average Bonchev–Trinajstić information content (AvgIpc) is 3.60. The Morgan fingerprint density at radius 1 is 1.16 bits per heavy atom. The van der Waals surface area contributed by atoms with Crippen LogP contribution in [0.15, 0.2) is 36.5 Å². The van der Waals surface area contributed by atoms with Crippen LogP contribution in [0, 0.1) is 5.92 Å². The number of nitrogens with one attached hydrogen (secondary N) is 1. The summed E-state index contributed by atoms with van der Waals surface area (Å²) in [6.07, 6.45) is 5.84. The van der Waals surface area contributed by atoms with Gasteiger partial charge in [0, 0.05) is 48.8 Å². The predicted molar refractivity (Wildman–Crippen MR) is 141 cm³/mol. The van der Waals surface area contributed by atoms with Gasteiger partial charge < -0.3 is 20.1 Å². The Morgan fingerprint density at radius 2 is 1.92 bits per heavy atom. The van der Waals surface area contributed by atoms with Crippen molar-refractivity contribution in [3.63, 3.8) is 0 Å². The molecule has 0 spiro atoms. The van der Waals surface area contributed by atoms with Gasteiger partial charge in [0.05, 0.1) is 18.2 Å². The summed E-state index contributed by atoms with van der Waals surface area (Å²) >= 11 is 0. The van der Waals surface area contributed by atoms with Gasteiger partial charge in [0.25, 0.3) is 0 Å². The molecule has 2 N–H and O–H groups in total. The number of rotatable bonds is 9. The third kappa shape index (κ3) is 5.93. The fourth-order valence-electron chi connectivity index (χ4n) is 5.00. The van der Waals surface area contributed by atoms with E-state index < -0.39 is 5.60 Å². The number of benzene rings is 1. The molecule has 1 aliphatic heterocycles. The topological polar surface area (TPSA) is 110 Å². The van der Waals surface area contributed by atoms with Gasteiger partial charge in [-0.05, 0) is 63.6 Å². The highest BCUT2D eigenvalue weighted by atomic mass is 16.5. The predicted octanol–water partition coefficient (Wildman–Crippen LogP) is 3.45. The standard InChI is InChI=1S/C28H35N5O4/c1-28(2,36)20-9-11-32(12-10-20)27(35)17-33-16-19-13-18(25(37-3)15-23(19)31-33)14-24(34)22-5-4-6-26(30-22)29-21-7-8-21/h4-6,13,15-16,20-21,36H,7-12,14,17H2,1-3H3,(H,29,30). The first-order valence-electron chi connectivity index (χ1n) is 13.0. The SMILES string of the molecule is COc1cc2nn(CC(=O)N3CCC(C(C)(C)O)CC3)cc2cc1CC(=O)c1cccc(NC2CC2)n1. The molecule has 2 aliphatic rings. The monoisotopic (exact) mass is 505 g/mol. The Morgan fingerprint density at radius 3 is 2.59 bits per heavy atom. The molecule has 1 aliphatic carbocycles. The van der Waals surface area contributed by atoms with E-state index in [4.69, 9.17) is 4.74 Å². The molecular weight excluding hydrogens is 470 g/mol. The van der Waals surface area contributed by atoms with Crippen LogP contribution in [0.3, 0.4) is 0 Å². The summed E-state index contributed by atoms with van der Waals surface area (Å²) in [5.41, 5.74) is 1.15. The lowest BCUT2D eigenvalue weighted by Gasteiger charge is -2.37. The van der Waals surface area contributed by atoms with Crippen LogP contribution < -0.4 is 10.1 Å². The van der Waals surface area contributed by atoms with Crippen LogP contribution in [0.1, 0.15) is 55.6 Å². The Balaban J connectivity index is 1.27. The zero-order valence-corrected chi connectivity index (χ0v) is 21.7. The maximum absolute atomic E-state index is 13.1. The number of nitrogens with zero attached hydrogens (tertiary/aromatic N) is 4. The molecule has 1 saturated carbocycles. The van der Waals surface area contributed by atoms with E-state index >= 15 is 0 Å². The van der Waals surface area contributed by atoms with Gasteiger partial charge in [0.15, 0.2) is 5.78 Å². The highest BCUT2D eigenvalue weighted by Gasteiger charge is 2.32. The second-order valence-corrected chi connectivity index (χ2v) is 10.8. The lowest BCUT2D eigenvalue weighted by molar-refractivity contribution is -0.134. The molecule has 3 heterocycles. The molecule has 5 rings (SSSR count). The van der Waals surface area contributed by atoms with Crippen molar-refractivity contribution in [2.24, 2.45) is 5.92 Å². The van der Waals surface area contributed by atoms with Gasteiger partial charge in [-0.2, -0.15) is 5.10 Å². The molecule has 2 aromatic heterocycles. The van der Waals surface area contributed by atoms with Crippen LogP contribution in [-0.4, -0.2) is 68.3 Å². The third-order valence-electron chi connectivity index (χ3n) is 7.41. The maximum atomic E-state index is 13.1. The number of carbonyl (C=O) groups is 2. The Bertz CT molecular complexity index is 1300. The summed E-state index contributed by atoms with van der Waals surface area (Å²) in [5, 5.41) is 19.0. The lowest BCUT2D eigenvalue weighted by Crippen LogP contribution is -2.45. The van der Waals surface area contributed by atoms with E-state index in [1.807, 2.05) is 49.2 Å². The second kappa shape index (κ2) is 10.1. The Hall–Kier alpha value is -3.46. The number of amides is 1. The number of pyridine rings is 1. The number of piperidine rings is 1. The fraction of sp³-hybridized carbons (Fsp3) is 0.500. The van der Waals surface area contributed by atoms with Crippen LogP contribution in [0.5, 0.6) is 5.75 Å². The normalized spacial score (nSPS) is 16.7. The first kappa shape index (κ1) is 25.2. The molecule has 37 heavy (non-hydrogen) atoms. The number of hydrogen-bond acceptors (Lipinski definition) is 7. The van der Waals surface area contributed by atoms with E-state index in [1.165, 1.54) is 0 Å². The van der Waals surface area contributed by atoms with E-state index in [-0.39, 0.29) is 30.6 Å². The largest absolute Gasteiger partial charge is 0.496 e. The second-order valence-electron chi connectivity index (χ2n) is 10.8. The van der Waals surface area contributed by atoms with Crippen molar-refractivity contribution in [2.75, 3.05) is 25.5 Å². The van der Waals surface area contributed by atoms with Crippen molar-refractivity contribution in [3.05, 3.63) is 47.8 Å². The van der Waals surface area contributed by atoms with Crippen LogP contribution in [0.25, 0.3) is 10.9 Å². The summed E-state index contributed by atoms with van der Waals surface area (Å²) in [6, 6.07) is 9.64. The van der Waals surface area contributed by atoms with E-state index in [0.29, 0.717) is 36.1 Å². The minimum Gasteiger partial charge on any atom is -0.496 e. The summed E-state index contributed by atoms with van der Waals surface area (Å²) in [4.78, 5) is 32.3. The molecule has 2 fully saturated rings. The molecule has 9 heteroatoms. The molecule has 0 bridgehead atoms. The van der Waals surface area contributed by atoms with Crippen LogP contribution in [0.2, 0.25) is 0 Å². The average molecular weight is 506 g/mol. The number of hydrogen-bond donors (Lipinski definition) is 2. The maximum Gasteiger partial charge on any atom is 0.244 e. The quantitative estimate of drug-likeness (QED) is 0.429. The molecule has 0 unspecified atom stereocenters. The minimum atomic E-state index is -0.723. The molecule has 9 nitrogen and oxygen atoms in total. The van der Waals surface area contributed by atoms with Gasteiger partial charge in [0.2, 0.25) is 5.91 Å². The zero-order chi connectivity index (χ0) is 26.2. The van der Waals surface area contributed by atoms with Gasteiger partial charge in [0.1, 0.15) is 23.8 Å². The number of fused-ring (bicyclic) bond motifs is 1. The first-order chi connectivity index (χ1) is 17.7. The van der Waals surface area contributed by atoms with Crippen molar-refractivity contribution in [1.82, 2.24) is 19.7 Å². The molecule has 196 valence electrons. The summed E-state index contributed by atoms with van der Waals surface area (Å²) < 4.78 is 7.22. The van der Waals surface area contributed by atoms with E-state index in [0.717, 1.165) is 42.5 Å². The van der Waals surface area contributed by atoms with E-state index in [1.54, 1.807) is 17.9 Å². The van der Waals surface area contributed by atoms with Crippen molar-refractivity contribution in [1.29, 1.82) is 0 Å². The highest BCUT2D eigenvalue weighted by Crippen LogP contribution is 2.29. The Labute approximate surface area is 216 Å². The number of ether oxygens (including phenoxy) is 1. The van der Waals surface area contributed by atoms with Gasteiger partial charge in [-0.3, -0.25) is 14.3 Å². The van der Waals surface area contributed by atoms with E-state index in [9.17, 15) is 14.7 Å². The molecule has 0 radical (unpaired) electrons. The molecule has 3 aromatic rings. The number of ketones is 1. The van der Waals surface area contributed by atoms with Gasteiger partial charge in [-0.15, -0.1) is 0 Å². The van der Waals surface area contributed by atoms with Crippen LogP contribution >= 0.6 is 0 Å². The number of likely N-dealkylation sites (tertiary alicyclic amines) is 1. The number of methoxy groups -OCH3 is 1. The Kier molecular flexibility index (Phi) is 6.90. The summed E-state index contributed by atoms with van der Waals surface area (Å²) in [5.74, 6) is 1.43. The summed E-state index contributed by atoms with van der Waals surface area (Å²) in [6.45, 7) is 5.09. The molecule has 1 saturated heterocycles. The third-order valence-corrected chi connectivity index (χ3v) is 7.41. The van der Waals surface area contributed by atoms with Gasteiger partial charge in [-0.1, -0.05) is 6.07 Å². The van der Waals surface area contributed by atoms with Crippen molar-refractivity contribution in [2.45, 2.75) is 64.1 Å².